The van der Waals surface area contributed by atoms with Crippen LogP contribution in [0.5, 0.6) is 23.0 Å². The largest absolute Gasteiger partial charge is 0.449 e. The van der Waals surface area contributed by atoms with Crippen LogP contribution in [0.4, 0.5) is 0 Å². The van der Waals surface area contributed by atoms with Gasteiger partial charge in [-0.3, -0.25) is 0 Å². The van der Waals surface area contributed by atoms with Gasteiger partial charge in [-0.15, -0.1) is 0 Å². The van der Waals surface area contributed by atoms with Gasteiger partial charge < -0.3 is 9.47 Å². The Hall–Kier alpha value is -0.130. The normalized spacial score (nSPS) is 12.3. The Morgan fingerprint density at radius 3 is 1.95 bits per heavy atom. The fourth-order valence-electron chi connectivity index (χ4n) is 1.63. The minimum atomic E-state index is 0.230. The van der Waals surface area contributed by atoms with Crippen molar-refractivity contribution in [2.24, 2.45) is 0 Å². The maximum Gasteiger partial charge on any atom is 0.190 e. The van der Waals surface area contributed by atoms with E-state index in [0.717, 1.165) is 8.95 Å². The van der Waals surface area contributed by atoms with Gasteiger partial charge in [-0.1, -0.05) is 34.8 Å². The molecule has 3 rings (SSSR count). The van der Waals surface area contributed by atoms with Gasteiger partial charge in [0.05, 0.1) is 10.0 Å². The maximum atomic E-state index is 6.11. The van der Waals surface area contributed by atoms with E-state index in [-0.39, 0.29) is 10.0 Å². The Bertz CT molecular complexity index is 704. The molecule has 0 saturated carbocycles. The molecule has 7 heteroatoms. The van der Waals surface area contributed by atoms with E-state index >= 15 is 0 Å². The molecule has 0 unspecified atom stereocenters. The van der Waals surface area contributed by atoms with E-state index in [4.69, 9.17) is 44.3 Å². The topological polar surface area (TPSA) is 18.5 Å². The smallest absolute Gasteiger partial charge is 0.190 e. The van der Waals surface area contributed by atoms with Crippen molar-refractivity contribution in [1.82, 2.24) is 0 Å². The van der Waals surface area contributed by atoms with Crippen LogP contribution in [0.25, 0.3) is 0 Å². The van der Waals surface area contributed by atoms with Gasteiger partial charge in [0, 0.05) is 27.1 Å². The van der Waals surface area contributed by atoms with E-state index in [1.165, 1.54) is 0 Å². The number of fused-ring (bicyclic) bond motifs is 2. The third kappa shape index (κ3) is 2.34. The minimum absolute atomic E-state index is 0.230. The van der Waals surface area contributed by atoms with Crippen LogP contribution in [-0.2, 0) is 0 Å². The molecule has 2 nitrogen and oxygen atoms in total. The lowest BCUT2D eigenvalue weighted by molar-refractivity contribution is 0.359. The van der Waals surface area contributed by atoms with Gasteiger partial charge in [-0.05, 0) is 31.9 Å². The standard InChI is InChI=1S/C12H3Br2Cl3O2/c13-4-1-7-8(2-5(4)14)19-12-9(18-7)3-6(15)10(16)11(12)17/h1-3H. The highest BCUT2D eigenvalue weighted by Gasteiger charge is 2.25. The van der Waals surface area contributed by atoms with Crippen molar-refractivity contribution in [3.63, 3.8) is 0 Å². The summed E-state index contributed by atoms with van der Waals surface area (Å²) in [5.41, 5.74) is 0. The summed E-state index contributed by atoms with van der Waals surface area (Å²) in [6.45, 7) is 0. The second-order valence-corrected chi connectivity index (χ2v) is 6.60. The molecule has 1 heterocycles. The highest BCUT2D eigenvalue weighted by Crippen LogP contribution is 2.53. The predicted molar refractivity (Wildman–Crippen MR) is 83.5 cm³/mol. The molecule has 0 spiro atoms. The molecule has 2 aromatic rings. The minimum Gasteiger partial charge on any atom is -0.449 e. The summed E-state index contributed by atoms with van der Waals surface area (Å²) in [5, 5.41) is 0.785. The zero-order chi connectivity index (χ0) is 13.7. The second kappa shape index (κ2) is 5.01. The second-order valence-electron chi connectivity index (χ2n) is 3.73. The lowest BCUT2D eigenvalue weighted by Gasteiger charge is -2.22. The molecular weight excluding hydrogens is 442 g/mol. The first-order valence-electron chi connectivity index (χ1n) is 4.99. The molecule has 1 aliphatic heterocycles. The zero-order valence-electron chi connectivity index (χ0n) is 8.94. The number of hydrogen-bond acceptors (Lipinski definition) is 2. The highest BCUT2D eigenvalue weighted by atomic mass is 79.9. The monoisotopic (exact) mass is 442 g/mol. The zero-order valence-corrected chi connectivity index (χ0v) is 14.4. The van der Waals surface area contributed by atoms with Gasteiger partial charge in [0.15, 0.2) is 23.0 Å². The van der Waals surface area contributed by atoms with Crippen molar-refractivity contribution < 1.29 is 9.47 Å². The van der Waals surface area contributed by atoms with Gasteiger partial charge in [-0.2, -0.15) is 0 Å². The van der Waals surface area contributed by atoms with Gasteiger partial charge in [0.2, 0.25) is 0 Å². The van der Waals surface area contributed by atoms with Gasteiger partial charge in [0.1, 0.15) is 5.02 Å². The van der Waals surface area contributed by atoms with E-state index in [0.29, 0.717) is 28.0 Å². The summed E-state index contributed by atoms with van der Waals surface area (Å²) < 4.78 is 13.1. The summed E-state index contributed by atoms with van der Waals surface area (Å²) in [4.78, 5) is 0. The van der Waals surface area contributed by atoms with Crippen molar-refractivity contribution >= 4 is 66.7 Å². The third-order valence-electron chi connectivity index (χ3n) is 2.50. The van der Waals surface area contributed by atoms with Gasteiger partial charge >= 0.3 is 0 Å². The molecule has 2 aromatic carbocycles. The van der Waals surface area contributed by atoms with Crippen LogP contribution in [-0.4, -0.2) is 0 Å². The quantitative estimate of drug-likeness (QED) is 0.345. The summed E-state index contributed by atoms with van der Waals surface area (Å²) >= 11 is 24.9. The van der Waals surface area contributed by atoms with Gasteiger partial charge in [0.25, 0.3) is 0 Å². The summed E-state index contributed by atoms with van der Waals surface area (Å²) in [6, 6.07) is 5.14. The molecular formula is C12H3Br2Cl3O2. The predicted octanol–water partition coefficient (Wildman–Crippen LogP) is 7.07. The van der Waals surface area contributed by atoms with Gasteiger partial charge in [-0.25, -0.2) is 0 Å². The number of rotatable bonds is 0. The van der Waals surface area contributed by atoms with Crippen molar-refractivity contribution in [2.45, 2.75) is 0 Å². The first kappa shape index (κ1) is 13.8. The molecule has 0 fully saturated rings. The third-order valence-corrected chi connectivity index (χ3v) is 5.59. The van der Waals surface area contributed by atoms with Crippen molar-refractivity contribution in [3.8, 4) is 23.0 Å². The first-order chi connectivity index (χ1) is 8.97. The van der Waals surface area contributed by atoms with Crippen LogP contribution >= 0.6 is 66.7 Å². The van der Waals surface area contributed by atoms with Crippen LogP contribution in [0.3, 0.4) is 0 Å². The molecule has 19 heavy (non-hydrogen) atoms. The molecule has 0 amide bonds. The van der Waals surface area contributed by atoms with Crippen LogP contribution in [0.15, 0.2) is 27.1 Å². The molecule has 0 radical (unpaired) electrons. The Morgan fingerprint density at radius 2 is 1.32 bits per heavy atom. The average molecular weight is 445 g/mol. The van der Waals surface area contributed by atoms with Crippen molar-refractivity contribution in [1.29, 1.82) is 0 Å². The summed E-state index contributed by atoms with van der Waals surface area (Å²) in [7, 11) is 0. The van der Waals surface area contributed by atoms with E-state index in [9.17, 15) is 0 Å². The number of hydrogen-bond donors (Lipinski definition) is 0. The molecule has 0 N–H and O–H groups in total. The van der Waals surface area contributed by atoms with E-state index in [1.54, 1.807) is 18.2 Å². The lowest BCUT2D eigenvalue weighted by Crippen LogP contribution is -2.00. The van der Waals surface area contributed by atoms with Crippen LogP contribution in [0, 0.1) is 0 Å². The molecule has 0 saturated heterocycles. The van der Waals surface area contributed by atoms with Crippen molar-refractivity contribution in [3.05, 3.63) is 42.2 Å². The van der Waals surface area contributed by atoms with Crippen molar-refractivity contribution in [2.75, 3.05) is 0 Å². The Kier molecular flexibility index (Phi) is 3.65. The molecule has 0 aromatic heterocycles. The summed E-state index contributed by atoms with van der Waals surface area (Å²) in [5.74, 6) is 1.90. The summed E-state index contributed by atoms with van der Waals surface area (Å²) in [6.07, 6.45) is 0. The maximum absolute atomic E-state index is 6.11. The fraction of sp³-hybridized carbons (Fsp3) is 0. The number of benzene rings is 2. The Balaban J connectivity index is 2.17. The Labute approximate surface area is 140 Å². The molecule has 98 valence electrons. The van der Waals surface area contributed by atoms with Crippen LogP contribution < -0.4 is 9.47 Å². The Morgan fingerprint density at radius 1 is 0.737 bits per heavy atom. The lowest BCUT2D eigenvalue weighted by atomic mass is 10.2. The number of halogens is 5. The fourth-order valence-corrected chi connectivity index (χ4v) is 2.89. The van der Waals surface area contributed by atoms with Crippen LogP contribution in [0.1, 0.15) is 0 Å². The molecule has 0 bridgehead atoms. The van der Waals surface area contributed by atoms with E-state index in [2.05, 4.69) is 31.9 Å². The average Bonchev–Trinajstić information content (AvgIpc) is 2.37. The SMILES string of the molecule is Clc1cc2c(c(Cl)c1Cl)Oc1cc(Br)c(Br)cc1O2. The van der Waals surface area contributed by atoms with Crippen LogP contribution in [0.2, 0.25) is 15.1 Å². The molecule has 0 atom stereocenters. The van der Waals surface area contributed by atoms with E-state index in [1.807, 2.05) is 0 Å². The highest BCUT2D eigenvalue weighted by molar-refractivity contribution is 9.13. The molecule has 1 aliphatic rings. The van der Waals surface area contributed by atoms with E-state index < -0.39 is 0 Å². The molecule has 0 aliphatic carbocycles. The first-order valence-corrected chi connectivity index (χ1v) is 7.71. The number of ether oxygens (including phenoxy) is 2.